The van der Waals surface area contributed by atoms with Crippen molar-refractivity contribution in [2.24, 2.45) is 10.8 Å². The van der Waals surface area contributed by atoms with Crippen LogP contribution in [-0.4, -0.2) is 188 Å². The van der Waals surface area contributed by atoms with E-state index in [9.17, 15) is 52.2 Å². The molecule has 0 radical (unpaired) electrons. The summed E-state index contributed by atoms with van der Waals surface area (Å²) in [6.07, 6.45) is -12.9. The van der Waals surface area contributed by atoms with Gasteiger partial charge in [-0.05, 0) is 131 Å². The number of hydrogen-bond acceptors (Lipinski definition) is 19. The highest BCUT2D eigenvalue weighted by atomic mass is 31.2. The molecule has 39 heteroatoms. The molecule has 3 saturated heterocycles. The molecule has 3 fully saturated rings. The van der Waals surface area contributed by atoms with E-state index in [4.69, 9.17) is 14.0 Å². The van der Waals surface area contributed by atoms with E-state index in [1.165, 1.54) is 87.8 Å². The number of alkyl carbamates (subject to hydrolysis) is 2. The maximum atomic E-state index is 16.9. The molecule has 6 atom stereocenters. The van der Waals surface area contributed by atoms with Gasteiger partial charge in [-0.2, -0.15) is 40.2 Å². The number of piperazine rings is 1. The highest BCUT2D eigenvalue weighted by Crippen LogP contribution is 2.47. The molecule has 0 aliphatic carbocycles. The number of nitrogens with one attached hydrogen (secondary N) is 5. The number of fused-ring (bicyclic) bond motifs is 2. The van der Waals surface area contributed by atoms with E-state index in [2.05, 4.69) is 62.2 Å². The van der Waals surface area contributed by atoms with Crippen molar-refractivity contribution >= 4 is 61.3 Å². The van der Waals surface area contributed by atoms with Crippen molar-refractivity contribution in [3.8, 4) is 28.8 Å². The van der Waals surface area contributed by atoms with Crippen molar-refractivity contribution in [2.75, 3.05) is 57.3 Å². The van der Waals surface area contributed by atoms with Crippen LogP contribution in [0.1, 0.15) is 117 Å². The van der Waals surface area contributed by atoms with E-state index in [0.29, 0.717) is 106 Å². The number of carboxylic acids is 1. The Morgan fingerprint density at radius 2 is 1.30 bits per heavy atom. The molecule has 112 heavy (non-hydrogen) atoms. The van der Waals surface area contributed by atoms with Gasteiger partial charge in [0, 0.05) is 83.7 Å². The molecule has 9 rings (SSSR count). The van der Waals surface area contributed by atoms with Gasteiger partial charge < -0.3 is 54.7 Å². The Morgan fingerprint density at radius 1 is 0.741 bits per heavy atom. The Bertz CT molecular complexity index is 4530. The normalized spacial score (nSPS) is 16.7. The van der Waals surface area contributed by atoms with Crippen LogP contribution in [0.4, 0.5) is 65.1 Å². The number of hydrazine groups is 1. The first-order chi connectivity index (χ1) is 52.3. The average Bonchev–Trinajstić information content (AvgIpc) is 1.10. The lowest BCUT2D eigenvalue weighted by atomic mass is 9.77. The van der Waals surface area contributed by atoms with Crippen LogP contribution >= 0.6 is 7.82 Å². The van der Waals surface area contributed by atoms with Gasteiger partial charge in [0.1, 0.15) is 35.6 Å². The van der Waals surface area contributed by atoms with Crippen molar-refractivity contribution in [3.63, 3.8) is 0 Å². The first-order valence-electron chi connectivity index (χ1n) is 34.6. The lowest BCUT2D eigenvalue weighted by molar-refractivity contribution is -0.221. The van der Waals surface area contributed by atoms with E-state index in [1.54, 1.807) is 5.32 Å². The molecule has 5 amide bonds. The molecule has 4 aromatic carbocycles. The lowest BCUT2D eigenvalue weighted by Crippen LogP contribution is -2.64. The van der Waals surface area contributed by atoms with Gasteiger partial charge in [-0.3, -0.25) is 39.3 Å². The van der Waals surface area contributed by atoms with Crippen LogP contribution < -0.4 is 36.1 Å². The molecular formula is C73H81F10N12O16P. The van der Waals surface area contributed by atoms with Crippen LogP contribution in [0.5, 0.6) is 5.75 Å². The minimum Gasteiger partial charge on any atom is -0.478 e. The van der Waals surface area contributed by atoms with Gasteiger partial charge in [0.2, 0.25) is 17.8 Å². The van der Waals surface area contributed by atoms with Gasteiger partial charge in [-0.15, -0.1) is 0 Å². The van der Waals surface area contributed by atoms with Crippen molar-refractivity contribution in [2.45, 2.75) is 154 Å². The number of phosphoric acid groups is 1. The summed E-state index contributed by atoms with van der Waals surface area (Å²) in [5.74, 6) is -4.48. The monoisotopic (exact) mass is 1600 g/mol. The summed E-state index contributed by atoms with van der Waals surface area (Å²) in [5.41, 5.74) is -7.83. The summed E-state index contributed by atoms with van der Waals surface area (Å²) in [7, 11) is -4.11. The zero-order chi connectivity index (χ0) is 82.3. The third-order valence-electron chi connectivity index (χ3n) is 19.5. The summed E-state index contributed by atoms with van der Waals surface area (Å²) in [6, 6.07) is 8.59. The van der Waals surface area contributed by atoms with Gasteiger partial charge >= 0.3 is 50.8 Å². The largest absolute Gasteiger partial charge is 0.524 e. The van der Waals surface area contributed by atoms with E-state index in [-0.39, 0.29) is 38.2 Å². The van der Waals surface area contributed by atoms with Gasteiger partial charge in [-0.25, -0.2) is 47.4 Å². The molecule has 0 spiro atoms. The highest BCUT2D eigenvalue weighted by Gasteiger charge is 2.58. The number of alkyl halides is 8. The Hall–Kier alpha value is -10.5. The average molecular weight is 1600 g/mol. The SMILES string of the molecule is COC(=O)N[C@H](C(=O)N[C@@H](Cc1ccc(C#Cc2cnc(N3CC4CCC(C3)N4C3COC3)nc2)cc1)[C@H](CN(Cc1c(F)cc(-c2ccn(C(F)F)n2)cc1F)NC(=O)[C@@H](NC(=O)OC)C(C)(C)C(F)(F)F)OC(=O)CC(C)(C)c1c(CC(=O)Nc2ccc(C(=O)O)cc2)cc(C)cc1OP(=O)(O)O)C(C)(C)C(F)(F)F. The number of methoxy groups -OCH3 is 2. The smallest absolute Gasteiger partial charge is 0.478 e. The maximum Gasteiger partial charge on any atom is 0.524 e. The van der Waals surface area contributed by atoms with Crippen LogP contribution in [0.3, 0.4) is 0 Å². The quantitative estimate of drug-likeness (QED) is 0.00541. The number of rotatable bonds is 29. The van der Waals surface area contributed by atoms with E-state index >= 15 is 44.7 Å². The second-order valence-corrected chi connectivity index (χ2v) is 30.0. The summed E-state index contributed by atoms with van der Waals surface area (Å²) < 4.78 is 192. The van der Waals surface area contributed by atoms with Crippen LogP contribution in [0.15, 0.2) is 97.5 Å². The molecule has 0 saturated carbocycles. The molecule has 8 N–H and O–H groups in total. The first-order valence-corrected chi connectivity index (χ1v) is 36.1. The standard InChI is InChI=1S/C73H81F10N12O16P/c1-39-24-45(29-57(96)86-46-18-16-43(17-19-46)64(100)101)59(55(25-39)111-112(104,105)106)69(2,3)30-58(97)110-56(36-93(91-63(99)61(89-68(103)108-9)71(6,7)73(81,82)83)35-50-51(74)27-44(28-52(50)75)53-22-23-94(90-53)65(76)77)54(87-62(98)60(88-67(102)107-8)70(4,5)72(78,79)80)26-41-13-10-40(11-14-41)12-15-42-31-84-66(85-32-42)92-33-47-20-21-48(34-92)95(47)49-37-109-38-49/h10-11,13-14,16-19,22-25,27-28,31-32,47-49,54,56,60-61,65H,20-21,26,29-30,33-38H2,1-9H3,(H,86,96)(H,87,98)(H,88,102)(H,89,103)(H,91,99)(H,100,101)(H2,104,105,106)/t47?,48?,54-,56-,60+,61+/m0/s1. The molecule has 3 aliphatic heterocycles. The van der Waals surface area contributed by atoms with Crippen molar-refractivity contribution in [1.29, 1.82) is 0 Å². The first kappa shape index (κ1) is 85.5. The molecule has 5 heterocycles. The molecule has 6 aromatic rings. The fraction of sp³-hybridized carbons (Fsp3) is 0.452. The predicted molar refractivity (Wildman–Crippen MR) is 378 cm³/mol. The number of aryl methyl sites for hydroxylation is 1. The summed E-state index contributed by atoms with van der Waals surface area (Å²) in [5, 5.41) is 22.1. The summed E-state index contributed by atoms with van der Waals surface area (Å²) in [4.78, 5) is 131. The van der Waals surface area contributed by atoms with Crippen molar-refractivity contribution < 1.29 is 120 Å². The number of esters is 1. The minimum absolute atomic E-state index is 0.0758. The molecule has 2 aromatic heterocycles. The van der Waals surface area contributed by atoms with Gasteiger partial charge in [0.05, 0.1) is 86.6 Å². The van der Waals surface area contributed by atoms with Gasteiger partial charge in [-0.1, -0.05) is 43.9 Å². The number of carbonyl (C=O) groups is 7. The zero-order valence-corrected chi connectivity index (χ0v) is 62.5. The molecule has 3 aliphatic rings. The van der Waals surface area contributed by atoms with Crippen LogP contribution in [0.2, 0.25) is 0 Å². The number of ether oxygens (including phenoxy) is 4. The number of phosphoric ester groups is 1. The second-order valence-electron chi connectivity index (χ2n) is 28.9. The zero-order valence-electron chi connectivity index (χ0n) is 61.6. The number of carboxylic acid groups (broad SMARTS) is 1. The fourth-order valence-electron chi connectivity index (χ4n) is 13.3. The second kappa shape index (κ2) is 34.7. The highest BCUT2D eigenvalue weighted by molar-refractivity contribution is 7.46. The predicted octanol–water partition coefficient (Wildman–Crippen LogP) is 9.59. The van der Waals surface area contributed by atoms with Crippen molar-refractivity contribution in [3.05, 3.63) is 154 Å². The van der Waals surface area contributed by atoms with Crippen LogP contribution in [0.25, 0.3) is 11.3 Å². The third kappa shape index (κ3) is 21.0. The number of aromatic carboxylic acids is 1. The summed E-state index contributed by atoms with van der Waals surface area (Å²) in [6.45, 7) is 2.80. The number of anilines is 2. The molecule has 604 valence electrons. The summed E-state index contributed by atoms with van der Waals surface area (Å²) >= 11 is 0. The van der Waals surface area contributed by atoms with Crippen LogP contribution in [-0.2, 0) is 67.5 Å². The third-order valence-corrected chi connectivity index (χ3v) is 19.9. The maximum absolute atomic E-state index is 16.9. The molecule has 2 bridgehead atoms. The van der Waals surface area contributed by atoms with E-state index in [1.807, 2.05) is 5.32 Å². The number of amides is 5. The molecule has 28 nitrogen and oxygen atoms in total. The Kier molecular flexibility index (Phi) is 26.5. The Morgan fingerprint density at radius 3 is 1.81 bits per heavy atom. The van der Waals surface area contributed by atoms with E-state index in [0.717, 1.165) is 45.4 Å². The number of nitrogens with zero attached hydrogens (tertiary/aromatic N) is 7. The number of halogens is 10. The van der Waals surface area contributed by atoms with E-state index < -0.39 is 176 Å². The Balaban J connectivity index is 1.17. The van der Waals surface area contributed by atoms with Crippen LogP contribution in [0, 0.1) is 41.2 Å². The molecular weight excluding hydrogens is 1520 g/mol. The van der Waals surface area contributed by atoms with Gasteiger partial charge in [0.15, 0.2) is 0 Å². The lowest BCUT2D eigenvalue weighted by Gasteiger charge is -2.47. The number of benzene rings is 4. The number of hydrogen-bond donors (Lipinski definition) is 8. The fourth-order valence-corrected chi connectivity index (χ4v) is 13.7. The van der Waals surface area contributed by atoms with Crippen molar-refractivity contribution in [1.82, 2.24) is 51.0 Å². The Labute approximate surface area is 634 Å². The topological polar surface area (TPSA) is 357 Å². The molecule has 2 unspecified atom stereocenters. The number of aromatic nitrogens is 4. The minimum atomic E-state index is -5.58. The number of carbonyl (C=O) groups excluding carboxylic acids is 6. The van der Waals surface area contributed by atoms with Gasteiger partial charge in [0.25, 0.3) is 5.91 Å².